The van der Waals surface area contributed by atoms with Gasteiger partial charge < -0.3 is 9.30 Å². The van der Waals surface area contributed by atoms with E-state index in [-0.39, 0.29) is 0 Å². The molecule has 0 amide bonds. The molecule has 0 bridgehead atoms. The van der Waals surface area contributed by atoms with Gasteiger partial charge in [-0.15, -0.1) is 0 Å². The van der Waals surface area contributed by atoms with Crippen molar-refractivity contribution in [3.05, 3.63) is 194 Å². The number of hydrogen-bond acceptors (Lipinski definition) is 5. The second-order valence-electron chi connectivity index (χ2n) is 12.0. The predicted molar refractivity (Wildman–Crippen MR) is 207 cm³/mol. The first-order chi connectivity index (χ1) is 25.1. The normalized spacial score (nSPS) is 11.2. The van der Waals surface area contributed by atoms with Gasteiger partial charge in [0.15, 0.2) is 24.6 Å². The Labute approximate surface area is 297 Å². The van der Waals surface area contributed by atoms with Gasteiger partial charge >= 0.3 is 0 Å². The summed E-state index contributed by atoms with van der Waals surface area (Å²) in [4.78, 5) is 14.4. The van der Waals surface area contributed by atoms with Crippen LogP contribution in [0.4, 0.5) is 0 Å². The van der Waals surface area contributed by atoms with Gasteiger partial charge in [-0.3, -0.25) is 0 Å². The van der Waals surface area contributed by atoms with Gasteiger partial charge in [-0.05, 0) is 47.5 Å². The molecule has 0 unspecified atom stereocenters. The van der Waals surface area contributed by atoms with E-state index in [2.05, 4.69) is 0 Å². The third-order valence-electron chi connectivity index (χ3n) is 8.71. The first-order valence-electron chi connectivity index (χ1n) is 16.7. The van der Waals surface area contributed by atoms with E-state index in [0.29, 0.717) is 23.2 Å². The third-order valence-corrected chi connectivity index (χ3v) is 11.8. The molecule has 0 spiro atoms. The van der Waals surface area contributed by atoms with E-state index < -0.39 is 7.14 Å². The van der Waals surface area contributed by atoms with Crippen molar-refractivity contribution >= 4 is 23.1 Å². The van der Waals surface area contributed by atoms with Gasteiger partial charge in [-0.25, -0.2) is 15.0 Å². The SMILES string of the molecule is O=P(c1ccccc1)(c1ccccc1)c1ccc(-c2ccc(Oc3ccc(-c4nc(-c5ccccc5)nc(-c5ccccc5)n4)cc3)cc2)cc1. The lowest BCUT2D eigenvalue weighted by atomic mass is 10.1. The Kier molecular flexibility index (Phi) is 8.86. The Balaban J connectivity index is 1.01. The number of ether oxygens (including phenoxy) is 1. The molecule has 0 N–H and O–H groups in total. The average Bonchev–Trinajstić information content (AvgIpc) is 3.22. The summed E-state index contributed by atoms with van der Waals surface area (Å²) in [6.45, 7) is 0. The minimum Gasteiger partial charge on any atom is -0.457 e. The molecule has 0 saturated carbocycles. The van der Waals surface area contributed by atoms with Crippen LogP contribution in [0.25, 0.3) is 45.3 Å². The summed E-state index contributed by atoms with van der Waals surface area (Å²) in [5, 5.41) is 2.44. The number of rotatable bonds is 9. The second-order valence-corrected chi connectivity index (χ2v) is 14.8. The first kappa shape index (κ1) is 31.8. The van der Waals surface area contributed by atoms with Crippen molar-refractivity contribution in [1.29, 1.82) is 0 Å². The van der Waals surface area contributed by atoms with Gasteiger partial charge in [0.05, 0.1) is 0 Å². The minimum absolute atomic E-state index is 0.591. The Hall–Kier alpha value is -6.42. The van der Waals surface area contributed by atoms with E-state index in [0.717, 1.165) is 49.5 Å². The van der Waals surface area contributed by atoms with Crippen LogP contribution in [0.15, 0.2) is 194 Å². The molecule has 0 fully saturated rings. The smallest absolute Gasteiger partial charge is 0.171 e. The molecule has 7 aromatic carbocycles. The molecule has 0 aliphatic rings. The third kappa shape index (κ3) is 6.76. The molecule has 8 rings (SSSR count). The van der Waals surface area contributed by atoms with E-state index in [9.17, 15) is 4.57 Å². The van der Waals surface area contributed by atoms with Crippen molar-refractivity contribution < 1.29 is 9.30 Å². The number of aromatic nitrogens is 3. The van der Waals surface area contributed by atoms with Gasteiger partial charge in [0.25, 0.3) is 0 Å². The quantitative estimate of drug-likeness (QED) is 0.142. The fourth-order valence-corrected chi connectivity index (χ4v) is 8.70. The van der Waals surface area contributed by atoms with E-state index in [1.807, 2.05) is 194 Å². The maximum absolute atomic E-state index is 14.7. The van der Waals surface area contributed by atoms with Crippen LogP contribution in [0.3, 0.4) is 0 Å². The number of benzene rings is 7. The van der Waals surface area contributed by atoms with Gasteiger partial charge in [-0.2, -0.15) is 0 Å². The maximum Gasteiger partial charge on any atom is 0.171 e. The van der Waals surface area contributed by atoms with Crippen LogP contribution in [0.1, 0.15) is 0 Å². The standard InChI is InChI=1S/C45H32N3O2P/c49-51(40-17-9-3-10-18-40,41-19-11-4-12-20-41)42-31-25-34(26-32-42)33-21-27-38(28-22-33)50-39-29-23-37(24-30-39)45-47-43(35-13-5-1-6-14-35)46-44(48-45)36-15-7-2-8-16-36/h1-32H. The zero-order valence-electron chi connectivity index (χ0n) is 27.6. The largest absolute Gasteiger partial charge is 0.457 e. The minimum atomic E-state index is -3.02. The van der Waals surface area contributed by atoms with Crippen LogP contribution in [0.5, 0.6) is 11.5 Å². The van der Waals surface area contributed by atoms with Gasteiger partial charge in [0.1, 0.15) is 11.5 Å². The molecule has 0 aliphatic heterocycles. The van der Waals surface area contributed by atoms with Crippen molar-refractivity contribution in [2.45, 2.75) is 0 Å². The highest BCUT2D eigenvalue weighted by molar-refractivity contribution is 7.85. The van der Waals surface area contributed by atoms with Gasteiger partial charge in [-0.1, -0.05) is 158 Å². The molecule has 51 heavy (non-hydrogen) atoms. The maximum atomic E-state index is 14.7. The van der Waals surface area contributed by atoms with Crippen LogP contribution in [0, 0.1) is 0 Å². The summed E-state index contributed by atoms with van der Waals surface area (Å²) < 4.78 is 20.9. The Morgan fingerprint density at radius 2 is 0.608 bits per heavy atom. The molecule has 0 saturated heterocycles. The lowest BCUT2D eigenvalue weighted by Gasteiger charge is -2.20. The molecule has 1 aromatic heterocycles. The lowest BCUT2D eigenvalue weighted by molar-refractivity contribution is 0.483. The monoisotopic (exact) mass is 677 g/mol. The predicted octanol–water partition coefficient (Wildman–Crippen LogP) is 9.97. The molecule has 0 atom stereocenters. The molecule has 0 aliphatic carbocycles. The lowest BCUT2D eigenvalue weighted by Crippen LogP contribution is -2.24. The van der Waals surface area contributed by atoms with Crippen LogP contribution in [-0.4, -0.2) is 15.0 Å². The fourth-order valence-electron chi connectivity index (χ4n) is 6.05. The Morgan fingerprint density at radius 3 is 1.00 bits per heavy atom. The van der Waals surface area contributed by atoms with Crippen LogP contribution < -0.4 is 20.7 Å². The topological polar surface area (TPSA) is 65.0 Å². The zero-order chi connectivity index (χ0) is 34.5. The van der Waals surface area contributed by atoms with Crippen molar-refractivity contribution in [1.82, 2.24) is 15.0 Å². The number of nitrogens with zero attached hydrogens (tertiary/aromatic N) is 3. The Bertz CT molecular complexity index is 2320. The second kappa shape index (κ2) is 14.2. The van der Waals surface area contributed by atoms with E-state index in [4.69, 9.17) is 19.7 Å². The molecular formula is C45H32N3O2P. The highest BCUT2D eigenvalue weighted by atomic mass is 31.2. The van der Waals surface area contributed by atoms with Crippen LogP contribution in [-0.2, 0) is 4.57 Å². The fraction of sp³-hybridized carbons (Fsp3) is 0. The summed E-state index contributed by atoms with van der Waals surface area (Å²) in [6, 6.07) is 63.2. The summed E-state index contributed by atoms with van der Waals surface area (Å²) >= 11 is 0. The molecule has 5 nitrogen and oxygen atoms in total. The van der Waals surface area contributed by atoms with Crippen molar-refractivity contribution in [3.63, 3.8) is 0 Å². The molecule has 6 heteroatoms. The molecular weight excluding hydrogens is 645 g/mol. The summed E-state index contributed by atoms with van der Waals surface area (Å²) in [5.41, 5.74) is 4.79. The molecule has 0 radical (unpaired) electrons. The van der Waals surface area contributed by atoms with E-state index in [1.165, 1.54) is 0 Å². The van der Waals surface area contributed by atoms with Gasteiger partial charge in [0, 0.05) is 32.6 Å². The molecule has 1 heterocycles. The Morgan fingerprint density at radius 1 is 0.314 bits per heavy atom. The van der Waals surface area contributed by atoms with Crippen molar-refractivity contribution in [2.24, 2.45) is 0 Å². The molecule has 8 aromatic rings. The van der Waals surface area contributed by atoms with Crippen molar-refractivity contribution in [2.75, 3.05) is 0 Å². The molecule has 244 valence electrons. The van der Waals surface area contributed by atoms with E-state index >= 15 is 0 Å². The van der Waals surface area contributed by atoms with Crippen LogP contribution >= 0.6 is 7.14 Å². The summed E-state index contributed by atoms with van der Waals surface area (Å²) in [5.74, 6) is 3.26. The van der Waals surface area contributed by atoms with Crippen molar-refractivity contribution in [3.8, 4) is 56.8 Å². The highest BCUT2D eigenvalue weighted by Crippen LogP contribution is 2.42. The number of hydrogen-bond donors (Lipinski definition) is 0. The summed E-state index contributed by atoms with van der Waals surface area (Å²) in [6.07, 6.45) is 0. The van der Waals surface area contributed by atoms with Crippen LogP contribution in [0.2, 0.25) is 0 Å². The first-order valence-corrected chi connectivity index (χ1v) is 18.4. The zero-order valence-corrected chi connectivity index (χ0v) is 28.5. The van der Waals surface area contributed by atoms with E-state index in [1.54, 1.807) is 0 Å². The summed E-state index contributed by atoms with van der Waals surface area (Å²) in [7, 11) is -3.02. The highest BCUT2D eigenvalue weighted by Gasteiger charge is 2.29. The van der Waals surface area contributed by atoms with Gasteiger partial charge in [0.2, 0.25) is 0 Å². The average molecular weight is 678 g/mol.